The van der Waals surface area contributed by atoms with Gasteiger partial charge in [-0.3, -0.25) is 9.59 Å². The number of carbonyl (C=O) groups is 2. The van der Waals surface area contributed by atoms with E-state index in [-0.39, 0.29) is 25.2 Å². The molecule has 0 spiro atoms. The summed E-state index contributed by atoms with van der Waals surface area (Å²) < 4.78 is 31.9. The number of hydrogen-bond acceptors (Lipinski definition) is 8. The Morgan fingerprint density at radius 2 is 0.686 bits per heavy atom. The van der Waals surface area contributed by atoms with Crippen molar-refractivity contribution in [3.8, 4) is 0 Å². The molecular weight excluding hydrogens is 452 g/mol. The van der Waals surface area contributed by atoms with E-state index in [0.717, 1.165) is 25.7 Å². The Bertz CT molecular complexity index is 458. The van der Waals surface area contributed by atoms with Crippen LogP contribution in [0, 0.1) is 0 Å². The summed E-state index contributed by atoms with van der Waals surface area (Å²) in [6.45, 7) is 8.51. The van der Waals surface area contributed by atoms with Gasteiger partial charge in [-0.2, -0.15) is 0 Å². The predicted octanol–water partition coefficient (Wildman–Crippen LogP) is 5.25. The maximum absolute atomic E-state index is 11.6. The minimum absolute atomic E-state index is 0.143. The smallest absolute Gasteiger partial charge is 0.305 e. The monoisotopic (exact) mass is 504 g/mol. The highest BCUT2D eigenvalue weighted by molar-refractivity contribution is 5.69. The topological polar surface area (TPSA) is 89.5 Å². The Hall–Kier alpha value is -1.22. The van der Waals surface area contributed by atoms with E-state index in [0.29, 0.717) is 65.7 Å². The molecule has 0 saturated carbocycles. The Balaban J connectivity index is 3.18. The molecule has 0 amide bonds. The first-order valence-electron chi connectivity index (χ1n) is 13.8. The Kier molecular flexibility index (Phi) is 28.0. The lowest BCUT2D eigenvalue weighted by atomic mass is 10.1. The highest BCUT2D eigenvalue weighted by Gasteiger charge is 2.03. The van der Waals surface area contributed by atoms with E-state index < -0.39 is 0 Å². The first-order valence-corrected chi connectivity index (χ1v) is 13.8. The summed E-state index contributed by atoms with van der Waals surface area (Å²) in [4.78, 5) is 23.2. The third kappa shape index (κ3) is 28.9. The fraction of sp³-hybridized carbons (Fsp3) is 0.926. The second-order valence-corrected chi connectivity index (χ2v) is 8.57. The molecule has 0 aliphatic rings. The number of rotatable bonds is 28. The van der Waals surface area contributed by atoms with Gasteiger partial charge in [0, 0.05) is 12.8 Å². The van der Waals surface area contributed by atoms with Gasteiger partial charge in [0.2, 0.25) is 0 Å². The van der Waals surface area contributed by atoms with Gasteiger partial charge in [-0.15, -0.1) is 0 Å². The van der Waals surface area contributed by atoms with Crippen molar-refractivity contribution in [2.24, 2.45) is 0 Å². The Morgan fingerprint density at radius 3 is 1.03 bits per heavy atom. The van der Waals surface area contributed by atoms with Crippen molar-refractivity contribution in [3.05, 3.63) is 0 Å². The fourth-order valence-electron chi connectivity index (χ4n) is 3.26. The molecule has 0 unspecified atom stereocenters. The number of ether oxygens (including phenoxy) is 6. The summed E-state index contributed by atoms with van der Waals surface area (Å²) in [5.74, 6) is -0.289. The second-order valence-electron chi connectivity index (χ2n) is 8.57. The molecule has 0 aromatic heterocycles. The van der Waals surface area contributed by atoms with E-state index in [1.165, 1.54) is 44.9 Å². The van der Waals surface area contributed by atoms with E-state index in [1.807, 2.05) is 0 Å². The van der Waals surface area contributed by atoms with E-state index in [2.05, 4.69) is 13.8 Å². The molecular formula is C27H52O8. The minimum atomic E-state index is -0.146. The SMILES string of the molecule is CCCCCCCCC(=O)OCCOCCOCCOCCOCCOC(=O)CCCCCCC. The molecule has 0 N–H and O–H groups in total. The molecule has 0 aromatic rings. The van der Waals surface area contributed by atoms with Crippen LogP contribution in [0.5, 0.6) is 0 Å². The lowest BCUT2D eigenvalue weighted by molar-refractivity contribution is -0.146. The van der Waals surface area contributed by atoms with Crippen LogP contribution in [0.1, 0.15) is 97.3 Å². The van der Waals surface area contributed by atoms with Gasteiger partial charge in [-0.1, -0.05) is 71.6 Å². The zero-order valence-corrected chi connectivity index (χ0v) is 22.5. The van der Waals surface area contributed by atoms with Crippen LogP contribution in [-0.4, -0.2) is 78.0 Å². The molecule has 0 aromatic carbocycles. The Labute approximate surface area is 213 Å². The maximum Gasteiger partial charge on any atom is 0.305 e. The summed E-state index contributed by atoms with van der Waals surface area (Å²) in [7, 11) is 0. The Morgan fingerprint density at radius 1 is 0.400 bits per heavy atom. The van der Waals surface area contributed by atoms with Crippen LogP contribution >= 0.6 is 0 Å². The van der Waals surface area contributed by atoms with E-state index in [1.54, 1.807) is 0 Å². The molecule has 0 heterocycles. The number of unbranched alkanes of at least 4 members (excludes halogenated alkanes) is 9. The molecule has 0 aliphatic carbocycles. The quantitative estimate of drug-likeness (QED) is 0.105. The number of carbonyl (C=O) groups excluding carboxylic acids is 2. The van der Waals surface area contributed by atoms with Crippen LogP contribution in [0.25, 0.3) is 0 Å². The maximum atomic E-state index is 11.6. The lowest BCUT2D eigenvalue weighted by Crippen LogP contribution is -2.15. The molecule has 35 heavy (non-hydrogen) atoms. The van der Waals surface area contributed by atoms with Gasteiger partial charge >= 0.3 is 11.9 Å². The molecule has 0 aliphatic heterocycles. The number of esters is 2. The molecule has 0 rings (SSSR count). The van der Waals surface area contributed by atoms with Crippen LogP contribution in [0.3, 0.4) is 0 Å². The van der Waals surface area contributed by atoms with Gasteiger partial charge in [0.1, 0.15) is 13.2 Å². The van der Waals surface area contributed by atoms with Gasteiger partial charge in [-0.05, 0) is 12.8 Å². The average Bonchev–Trinajstić information content (AvgIpc) is 2.85. The zero-order valence-electron chi connectivity index (χ0n) is 22.5. The van der Waals surface area contributed by atoms with Crippen LogP contribution < -0.4 is 0 Å². The summed E-state index contributed by atoms with van der Waals surface area (Å²) in [6.07, 6.45) is 13.5. The highest BCUT2D eigenvalue weighted by Crippen LogP contribution is 2.07. The summed E-state index contributed by atoms with van der Waals surface area (Å²) in [5.41, 5.74) is 0. The standard InChI is InChI=1S/C27H52O8/c1-3-5-7-9-11-13-15-27(29)35-25-23-33-21-19-31-17-16-30-18-20-32-22-24-34-26(28)14-12-10-8-6-4-2/h3-25H2,1-2H3. The van der Waals surface area contributed by atoms with Crippen molar-refractivity contribution in [3.63, 3.8) is 0 Å². The lowest BCUT2D eigenvalue weighted by Gasteiger charge is -2.08. The van der Waals surface area contributed by atoms with Crippen LogP contribution in [0.4, 0.5) is 0 Å². The van der Waals surface area contributed by atoms with E-state index in [4.69, 9.17) is 28.4 Å². The molecule has 0 fully saturated rings. The normalized spacial score (nSPS) is 11.0. The zero-order chi connectivity index (χ0) is 25.7. The molecule has 0 saturated heterocycles. The van der Waals surface area contributed by atoms with Gasteiger partial charge < -0.3 is 28.4 Å². The first kappa shape index (κ1) is 33.8. The van der Waals surface area contributed by atoms with Crippen molar-refractivity contribution in [1.29, 1.82) is 0 Å². The molecule has 0 bridgehead atoms. The predicted molar refractivity (Wildman–Crippen MR) is 137 cm³/mol. The second kappa shape index (κ2) is 29.0. The van der Waals surface area contributed by atoms with Crippen molar-refractivity contribution >= 4 is 11.9 Å². The van der Waals surface area contributed by atoms with Gasteiger partial charge in [0.05, 0.1) is 52.9 Å². The fourth-order valence-corrected chi connectivity index (χ4v) is 3.26. The largest absolute Gasteiger partial charge is 0.463 e. The van der Waals surface area contributed by atoms with Gasteiger partial charge in [0.15, 0.2) is 0 Å². The van der Waals surface area contributed by atoms with Crippen molar-refractivity contribution in [2.45, 2.75) is 97.3 Å². The first-order chi connectivity index (χ1) is 17.2. The van der Waals surface area contributed by atoms with Crippen LogP contribution in [0.2, 0.25) is 0 Å². The number of hydrogen-bond donors (Lipinski definition) is 0. The minimum Gasteiger partial charge on any atom is -0.463 e. The van der Waals surface area contributed by atoms with E-state index >= 15 is 0 Å². The van der Waals surface area contributed by atoms with Gasteiger partial charge in [-0.25, -0.2) is 0 Å². The van der Waals surface area contributed by atoms with E-state index in [9.17, 15) is 9.59 Å². The van der Waals surface area contributed by atoms with Crippen LogP contribution in [0.15, 0.2) is 0 Å². The van der Waals surface area contributed by atoms with Crippen LogP contribution in [-0.2, 0) is 38.0 Å². The highest BCUT2D eigenvalue weighted by atomic mass is 16.6. The summed E-state index contributed by atoms with van der Waals surface area (Å²) >= 11 is 0. The molecule has 8 heteroatoms. The third-order valence-corrected chi connectivity index (χ3v) is 5.32. The van der Waals surface area contributed by atoms with Crippen molar-refractivity contribution < 1.29 is 38.0 Å². The third-order valence-electron chi connectivity index (χ3n) is 5.32. The van der Waals surface area contributed by atoms with Gasteiger partial charge in [0.25, 0.3) is 0 Å². The van der Waals surface area contributed by atoms with Crippen molar-refractivity contribution in [2.75, 3.05) is 66.1 Å². The summed E-state index contributed by atoms with van der Waals surface area (Å²) in [5, 5.41) is 0. The van der Waals surface area contributed by atoms with Crippen molar-refractivity contribution in [1.82, 2.24) is 0 Å². The molecule has 0 atom stereocenters. The molecule has 8 nitrogen and oxygen atoms in total. The molecule has 208 valence electrons. The molecule has 0 radical (unpaired) electrons. The summed E-state index contributed by atoms with van der Waals surface area (Å²) in [6, 6.07) is 0. The average molecular weight is 505 g/mol.